The van der Waals surface area contributed by atoms with E-state index in [1.807, 2.05) is 0 Å². The fourth-order valence-corrected chi connectivity index (χ4v) is 4.79. The zero-order chi connectivity index (χ0) is 18.7. The molecule has 0 N–H and O–H groups in total. The predicted octanol–water partition coefficient (Wildman–Crippen LogP) is 2.15. The van der Waals surface area contributed by atoms with E-state index in [2.05, 4.69) is 87.5 Å². The highest BCUT2D eigenvalue weighted by Gasteiger charge is 2.18. The smallest absolute Gasteiger partial charge is 0.292 e. The number of hydrogen-bond acceptors (Lipinski definition) is 1. The second kappa shape index (κ2) is 6.93. The normalized spacial score (nSPS) is 14.3. The number of anilines is 1. The number of halogens is 1. The highest BCUT2D eigenvalue weighted by atomic mass is 35.5. The van der Waals surface area contributed by atoms with Gasteiger partial charge in [0.2, 0.25) is 0 Å². The Hall–Kier alpha value is -2.78. The van der Waals surface area contributed by atoms with Gasteiger partial charge in [-0.15, -0.1) is 0 Å². The SMILES string of the molecule is CCc1ccc2c(ccc3c[n+]4c5ccc(N6CCCC6)cc5ccc4n32)c1.[Cl-]. The van der Waals surface area contributed by atoms with Crippen LogP contribution in [-0.2, 0) is 6.42 Å². The number of aromatic nitrogens is 2. The minimum Gasteiger partial charge on any atom is -1.00 e. The van der Waals surface area contributed by atoms with E-state index in [1.54, 1.807) is 0 Å². The zero-order valence-electron chi connectivity index (χ0n) is 16.6. The molecule has 0 atom stereocenters. The highest BCUT2D eigenvalue weighted by molar-refractivity contribution is 5.87. The summed E-state index contributed by atoms with van der Waals surface area (Å²) in [6.07, 6.45) is 5.95. The molecule has 5 aromatic rings. The van der Waals surface area contributed by atoms with Crippen LogP contribution >= 0.6 is 0 Å². The molecule has 0 unspecified atom stereocenters. The van der Waals surface area contributed by atoms with Gasteiger partial charge in [0.15, 0.2) is 5.52 Å². The molecule has 1 saturated heterocycles. The molecule has 1 aliphatic rings. The van der Waals surface area contributed by atoms with Crippen molar-refractivity contribution in [2.24, 2.45) is 0 Å². The monoisotopic (exact) mass is 401 g/mol. The van der Waals surface area contributed by atoms with Crippen molar-refractivity contribution in [3.63, 3.8) is 0 Å². The average Bonchev–Trinajstić information content (AvgIpc) is 3.40. The van der Waals surface area contributed by atoms with Crippen LogP contribution in [0, 0.1) is 0 Å². The van der Waals surface area contributed by atoms with Gasteiger partial charge in [-0.3, -0.25) is 0 Å². The van der Waals surface area contributed by atoms with E-state index in [4.69, 9.17) is 0 Å². The molecule has 1 fully saturated rings. The average molecular weight is 402 g/mol. The van der Waals surface area contributed by atoms with Crippen LogP contribution in [0.5, 0.6) is 0 Å². The topological polar surface area (TPSA) is 11.8 Å². The lowest BCUT2D eigenvalue weighted by molar-refractivity contribution is -0.479. The van der Waals surface area contributed by atoms with Crippen molar-refractivity contribution < 1.29 is 16.8 Å². The number of benzene rings is 2. The molecule has 6 rings (SSSR count). The van der Waals surface area contributed by atoms with Crippen molar-refractivity contribution >= 4 is 38.7 Å². The predicted molar refractivity (Wildman–Crippen MR) is 116 cm³/mol. The molecule has 0 aliphatic carbocycles. The summed E-state index contributed by atoms with van der Waals surface area (Å²) in [4.78, 5) is 2.50. The second-order valence-corrected chi connectivity index (χ2v) is 7.97. The van der Waals surface area contributed by atoms with E-state index < -0.39 is 0 Å². The van der Waals surface area contributed by atoms with Gasteiger partial charge in [0.25, 0.3) is 5.65 Å². The van der Waals surface area contributed by atoms with Crippen molar-refractivity contribution in [2.45, 2.75) is 26.2 Å². The molecule has 0 saturated carbocycles. The largest absolute Gasteiger partial charge is 1.00 e. The van der Waals surface area contributed by atoms with Gasteiger partial charge in [0.05, 0.1) is 0 Å². The Labute approximate surface area is 176 Å². The molecule has 0 amide bonds. The van der Waals surface area contributed by atoms with Gasteiger partial charge in [-0.25, -0.2) is 0 Å². The van der Waals surface area contributed by atoms with Crippen molar-refractivity contribution in [1.29, 1.82) is 0 Å². The Kier molecular flexibility index (Phi) is 4.36. The van der Waals surface area contributed by atoms with Crippen LogP contribution in [0.1, 0.15) is 25.3 Å². The Morgan fingerprint density at radius 3 is 2.52 bits per heavy atom. The first kappa shape index (κ1) is 18.3. The van der Waals surface area contributed by atoms with E-state index in [0.29, 0.717) is 0 Å². The summed E-state index contributed by atoms with van der Waals surface area (Å²) in [6.45, 7) is 4.58. The first-order chi connectivity index (χ1) is 13.8. The quantitative estimate of drug-likeness (QED) is 0.413. The number of aryl methyl sites for hydroxylation is 1. The van der Waals surface area contributed by atoms with Crippen LogP contribution < -0.4 is 21.7 Å². The van der Waals surface area contributed by atoms with Gasteiger partial charge in [-0.05, 0) is 73.4 Å². The van der Waals surface area contributed by atoms with Crippen LogP contribution in [0.15, 0.2) is 66.9 Å². The summed E-state index contributed by atoms with van der Waals surface area (Å²) in [5.74, 6) is 0. The van der Waals surface area contributed by atoms with Gasteiger partial charge < -0.3 is 17.3 Å². The third kappa shape index (κ3) is 2.76. The van der Waals surface area contributed by atoms with Crippen molar-refractivity contribution in [1.82, 2.24) is 4.40 Å². The lowest BCUT2D eigenvalue weighted by atomic mass is 10.1. The molecule has 4 heterocycles. The van der Waals surface area contributed by atoms with Crippen molar-refractivity contribution in [3.8, 4) is 0 Å². The summed E-state index contributed by atoms with van der Waals surface area (Å²) < 4.78 is 4.72. The standard InChI is InChI=1S/C25H24N3.ClH/c1-2-18-5-10-24-19(15-18)6-8-22-17-27-23-11-9-21(26-13-3-4-14-26)16-20(23)7-12-25(27)28(22)24;/h5-12,15-17H,2-4,13-14H2,1H3;1H/q+1;/p-1. The Morgan fingerprint density at radius 2 is 1.69 bits per heavy atom. The molecular formula is C25H24ClN3. The maximum Gasteiger partial charge on any atom is 0.292 e. The minimum atomic E-state index is 0. The van der Waals surface area contributed by atoms with E-state index in [-0.39, 0.29) is 12.4 Å². The maximum atomic E-state index is 2.50. The molecule has 29 heavy (non-hydrogen) atoms. The summed E-state index contributed by atoms with van der Waals surface area (Å²) in [5, 5.41) is 2.60. The molecule has 4 heteroatoms. The Bertz CT molecular complexity index is 1360. The van der Waals surface area contributed by atoms with E-state index >= 15 is 0 Å². The number of imidazole rings is 1. The van der Waals surface area contributed by atoms with Crippen LogP contribution in [0.3, 0.4) is 0 Å². The minimum absolute atomic E-state index is 0. The maximum absolute atomic E-state index is 2.50. The van der Waals surface area contributed by atoms with Gasteiger partial charge >= 0.3 is 0 Å². The van der Waals surface area contributed by atoms with Crippen LogP contribution in [0.25, 0.3) is 33.0 Å². The Balaban J connectivity index is 0.00000181. The van der Waals surface area contributed by atoms with Gasteiger partial charge in [0.1, 0.15) is 17.2 Å². The van der Waals surface area contributed by atoms with E-state index in [1.165, 1.54) is 70.2 Å². The Morgan fingerprint density at radius 1 is 0.862 bits per heavy atom. The lowest BCUT2D eigenvalue weighted by Crippen LogP contribution is -3.00. The summed E-state index contributed by atoms with van der Waals surface area (Å²) in [6, 6.07) is 22.8. The summed E-state index contributed by atoms with van der Waals surface area (Å²) in [7, 11) is 0. The lowest BCUT2D eigenvalue weighted by Gasteiger charge is -2.17. The van der Waals surface area contributed by atoms with Crippen molar-refractivity contribution in [2.75, 3.05) is 18.0 Å². The fraction of sp³-hybridized carbons (Fsp3) is 0.240. The number of fused-ring (bicyclic) bond motifs is 7. The molecule has 2 aromatic carbocycles. The summed E-state index contributed by atoms with van der Waals surface area (Å²) >= 11 is 0. The first-order valence-electron chi connectivity index (χ1n) is 10.4. The third-order valence-corrected chi connectivity index (χ3v) is 6.32. The third-order valence-electron chi connectivity index (χ3n) is 6.32. The second-order valence-electron chi connectivity index (χ2n) is 7.97. The first-order valence-corrected chi connectivity index (χ1v) is 10.4. The van der Waals surface area contributed by atoms with E-state index in [9.17, 15) is 0 Å². The number of hydrogen-bond donors (Lipinski definition) is 0. The van der Waals surface area contributed by atoms with Crippen molar-refractivity contribution in [3.05, 3.63) is 72.4 Å². The van der Waals surface area contributed by atoms with Gasteiger partial charge in [0, 0.05) is 35.6 Å². The fourth-order valence-electron chi connectivity index (χ4n) is 4.79. The number of pyridine rings is 2. The summed E-state index contributed by atoms with van der Waals surface area (Å²) in [5.41, 5.74) is 7.72. The molecule has 1 aliphatic heterocycles. The zero-order valence-corrected chi connectivity index (χ0v) is 17.4. The molecular weight excluding hydrogens is 378 g/mol. The molecule has 0 spiro atoms. The van der Waals surface area contributed by atoms with Crippen LogP contribution in [0.4, 0.5) is 5.69 Å². The van der Waals surface area contributed by atoms with Gasteiger partial charge in [-0.2, -0.15) is 8.80 Å². The highest BCUT2D eigenvalue weighted by Crippen LogP contribution is 2.26. The molecule has 146 valence electrons. The van der Waals surface area contributed by atoms with Gasteiger partial charge in [-0.1, -0.05) is 13.0 Å². The van der Waals surface area contributed by atoms with Crippen LogP contribution in [-0.4, -0.2) is 17.5 Å². The molecule has 0 radical (unpaired) electrons. The molecule has 0 bridgehead atoms. The number of nitrogens with zero attached hydrogens (tertiary/aromatic N) is 3. The molecule has 3 aromatic heterocycles. The molecule has 3 nitrogen and oxygen atoms in total. The van der Waals surface area contributed by atoms with Crippen LogP contribution in [0.2, 0.25) is 0 Å². The number of rotatable bonds is 2. The van der Waals surface area contributed by atoms with E-state index in [0.717, 1.165) is 6.42 Å².